The summed E-state index contributed by atoms with van der Waals surface area (Å²) in [5, 5.41) is 0. The second-order valence-corrected chi connectivity index (χ2v) is 3.43. The fraction of sp³-hybridized carbons (Fsp3) is 0.750. The van der Waals surface area contributed by atoms with Crippen LogP contribution in [0.4, 0.5) is 4.79 Å². The van der Waals surface area contributed by atoms with Gasteiger partial charge in [-0.1, -0.05) is 0 Å². The van der Waals surface area contributed by atoms with Gasteiger partial charge in [-0.25, -0.2) is 4.79 Å². The molecule has 0 bridgehead atoms. The largest absolute Gasteiger partial charge is 0.326 e. The maximum atomic E-state index is 11.4. The number of hydrogen-bond acceptors (Lipinski definition) is 2. The van der Waals surface area contributed by atoms with Crippen molar-refractivity contribution in [3.63, 3.8) is 0 Å². The molecule has 0 N–H and O–H groups in total. The fourth-order valence-electron chi connectivity index (χ4n) is 1.94. The van der Waals surface area contributed by atoms with Gasteiger partial charge in [0.05, 0.1) is 0 Å². The Balaban J connectivity index is 2.21. The summed E-state index contributed by atoms with van der Waals surface area (Å²) in [5.74, 6) is -0.0387. The second kappa shape index (κ2) is 2.47. The summed E-state index contributed by atoms with van der Waals surface area (Å²) in [6, 6.07) is 0.0787. The highest BCUT2D eigenvalue weighted by molar-refractivity contribution is 5.97. The lowest BCUT2D eigenvalue weighted by Gasteiger charge is -2.33. The number of nitrogens with zero attached hydrogens (tertiary/aromatic N) is 2. The lowest BCUT2D eigenvalue weighted by molar-refractivity contribution is -0.130. The summed E-state index contributed by atoms with van der Waals surface area (Å²) < 4.78 is 0. The number of fused-ring (bicyclic) bond motifs is 1. The van der Waals surface area contributed by atoms with E-state index < -0.39 is 0 Å². The van der Waals surface area contributed by atoms with Crippen LogP contribution < -0.4 is 0 Å². The van der Waals surface area contributed by atoms with Crippen LogP contribution in [0, 0.1) is 0 Å². The van der Waals surface area contributed by atoms with Gasteiger partial charge in [0, 0.05) is 26.1 Å². The van der Waals surface area contributed by atoms with E-state index in [2.05, 4.69) is 0 Å². The third-order valence-electron chi connectivity index (χ3n) is 2.69. The third kappa shape index (κ3) is 0.906. The standard InChI is InChI=1S/C8H12N2O2/c1-9-7(11)5-6-3-2-4-10(6)8(9)12/h6H,2-5H2,1H3. The van der Waals surface area contributed by atoms with Gasteiger partial charge in [0.1, 0.15) is 0 Å². The van der Waals surface area contributed by atoms with Crippen molar-refractivity contribution in [3.05, 3.63) is 0 Å². The molecule has 0 aliphatic carbocycles. The van der Waals surface area contributed by atoms with Crippen LogP contribution in [0.25, 0.3) is 0 Å². The molecule has 4 nitrogen and oxygen atoms in total. The minimum Gasteiger partial charge on any atom is -0.321 e. The van der Waals surface area contributed by atoms with Gasteiger partial charge in [-0.05, 0) is 12.8 Å². The van der Waals surface area contributed by atoms with Crippen LogP contribution in [0.1, 0.15) is 19.3 Å². The highest BCUT2D eigenvalue weighted by Crippen LogP contribution is 2.25. The third-order valence-corrected chi connectivity index (χ3v) is 2.69. The quantitative estimate of drug-likeness (QED) is 0.526. The Morgan fingerprint density at radius 2 is 2.17 bits per heavy atom. The molecule has 0 aromatic carbocycles. The van der Waals surface area contributed by atoms with Crippen molar-refractivity contribution in [2.24, 2.45) is 0 Å². The Kier molecular flexibility index (Phi) is 1.56. The van der Waals surface area contributed by atoms with Gasteiger partial charge in [-0.15, -0.1) is 0 Å². The molecule has 12 heavy (non-hydrogen) atoms. The molecule has 0 aromatic rings. The minimum absolute atomic E-state index is 0.0387. The lowest BCUT2D eigenvalue weighted by atomic mass is 10.1. The van der Waals surface area contributed by atoms with Crippen LogP contribution >= 0.6 is 0 Å². The maximum absolute atomic E-state index is 11.4. The Labute approximate surface area is 71.1 Å². The fourth-order valence-corrected chi connectivity index (χ4v) is 1.94. The first kappa shape index (κ1) is 7.58. The Morgan fingerprint density at radius 3 is 2.92 bits per heavy atom. The van der Waals surface area contributed by atoms with E-state index in [4.69, 9.17) is 0 Å². The molecule has 0 spiro atoms. The molecule has 2 aliphatic rings. The molecule has 4 heteroatoms. The van der Waals surface area contributed by atoms with Crippen molar-refractivity contribution in [1.82, 2.24) is 9.80 Å². The highest BCUT2D eigenvalue weighted by atomic mass is 16.2. The van der Waals surface area contributed by atoms with Gasteiger partial charge in [0.25, 0.3) is 0 Å². The molecule has 0 aromatic heterocycles. The first-order valence-corrected chi connectivity index (χ1v) is 4.27. The van der Waals surface area contributed by atoms with Gasteiger partial charge in [0.2, 0.25) is 5.91 Å². The molecule has 3 amide bonds. The van der Waals surface area contributed by atoms with Crippen LogP contribution in [-0.2, 0) is 4.79 Å². The normalized spacial score (nSPS) is 29.6. The van der Waals surface area contributed by atoms with Gasteiger partial charge >= 0.3 is 6.03 Å². The van der Waals surface area contributed by atoms with Crippen LogP contribution in [0.5, 0.6) is 0 Å². The van der Waals surface area contributed by atoms with Crippen molar-refractivity contribution in [1.29, 1.82) is 0 Å². The monoisotopic (exact) mass is 168 g/mol. The summed E-state index contributed by atoms with van der Waals surface area (Å²) in [6.45, 7) is 0.821. The van der Waals surface area contributed by atoms with Crippen LogP contribution in [0.15, 0.2) is 0 Å². The number of carbonyl (C=O) groups is 2. The summed E-state index contributed by atoms with van der Waals surface area (Å²) >= 11 is 0. The first-order chi connectivity index (χ1) is 5.70. The molecule has 2 heterocycles. The number of carbonyl (C=O) groups excluding carboxylic acids is 2. The molecule has 2 fully saturated rings. The molecule has 2 saturated heterocycles. The number of hydrogen-bond donors (Lipinski definition) is 0. The van der Waals surface area contributed by atoms with Crippen LogP contribution in [0.3, 0.4) is 0 Å². The molecule has 0 radical (unpaired) electrons. The van der Waals surface area contributed by atoms with E-state index in [0.29, 0.717) is 6.42 Å². The predicted octanol–water partition coefficient (Wildman–Crippen LogP) is 0.433. The van der Waals surface area contributed by atoms with E-state index in [1.165, 1.54) is 4.90 Å². The summed E-state index contributed by atoms with van der Waals surface area (Å²) in [6.07, 6.45) is 2.55. The van der Waals surface area contributed by atoms with Gasteiger partial charge in [0.15, 0.2) is 0 Å². The van der Waals surface area contributed by atoms with Gasteiger partial charge < -0.3 is 4.90 Å². The molecule has 1 unspecified atom stereocenters. The SMILES string of the molecule is CN1C(=O)CC2CCCN2C1=O. The summed E-state index contributed by atoms with van der Waals surface area (Å²) in [4.78, 5) is 25.7. The van der Waals surface area contributed by atoms with E-state index in [9.17, 15) is 9.59 Å². The molecular weight excluding hydrogens is 156 g/mol. The average Bonchev–Trinajstić information content (AvgIpc) is 2.48. The van der Waals surface area contributed by atoms with Crippen molar-refractivity contribution < 1.29 is 9.59 Å². The second-order valence-electron chi connectivity index (χ2n) is 3.43. The van der Waals surface area contributed by atoms with Crippen molar-refractivity contribution in [2.45, 2.75) is 25.3 Å². The van der Waals surface area contributed by atoms with E-state index in [1.54, 1.807) is 11.9 Å². The Bertz CT molecular complexity index is 239. The zero-order valence-corrected chi connectivity index (χ0v) is 7.12. The number of amides is 3. The Morgan fingerprint density at radius 1 is 1.42 bits per heavy atom. The van der Waals surface area contributed by atoms with Crippen molar-refractivity contribution in [2.75, 3.05) is 13.6 Å². The molecule has 2 rings (SSSR count). The molecule has 0 saturated carbocycles. The summed E-state index contributed by atoms with van der Waals surface area (Å²) in [5.41, 5.74) is 0. The van der Waals surface area contributed by atoms with Crippen LogP contribution in [-0.4, -0.2) is 41.4 Å². The van der Waals surface area contributed by atoms with E-state index in [1.807, 2.05) is 0 Å². The maximum Gasteiger partial charge on any atom is 0.326 e. The number of imide groups is 1. The number of urea groups is 1. The number of rotatable bonds is 0. The van der Waals surface area contributed by atoms with Crippen LogP contribution in [0.2, 0.25) is 0 Å². The van der Waals surface area contributed by atoms with Gasteiger partial charge in [-0.2, -0.15) is 0 Å². The smallest absolute Gasteiger partial charge is 0.321 e. The van der Waals surface area contributed by atoms with E-state index >= 15 is 0 Å². The molecule has 66 valence electrons. The summed E-state index contributed by atoms with van der Waals surface area (Å²) in [7, 11) is 1.55. The first-order valence-electron chi connectivity index (χ1n) is 4.27. The zero-order chi connectivity index (χ0) is 8.72. The minimum atomic E-state index is -0.117. The topological polar surface area (TPSA) is 40.6 Å². The zero-order valence-electron chi connectivity index (χ0n) is 7.12. The lowest BCUT2D eigenvalue weighted by Crippen LogP contribution is -2.52. The van der Waals surface area contributed by atoms with Crippen molar-refractivity contribution in [3.8, 4) is 0 Å². The van der Waals surface area contributed by atoms with E-state index in [0.717, 1.165) is 19.4 Å². The molecule has 2 aliphatic heterocycles. The predicted molar refractivity (Wildman–Crippen MR) is 42.5 cm³/mol. The molecule has 1 atom stereocenters. The average molecular weight is 168 g/mol. The highest BCUT2D eigenvalue weighted by Gasteiger charge is 2.38. The van der Waals surface area contributed by atoms with E-state index in [-0.39, 0.29) is 18.0 Å². The van der Waals surface area contributed by atoms with Gasteiger partial charge in [-0.3, -0.25) is 9.69 Å². The molecular formula is C8H12N2O2. The Hall–Kier alpha value is -1.06. The van der Waals surface area contributed by atoms with Crippen molar-refractivity contribution >= 4 is 11.9 Å².